The summed E-state index contributed by atoms with van der Waals surface area (Å²) in [5, 5.41) is 3.00. The van der Waals surface area contributed by atoms with Crippen molar-refractivity contribution in [1.29, 1.82) is 0 Å². The van der Waals surface area contributed by atoms with Gasteiger partial charge in [-0.25, -0.2) is 0 Å². The number of methoxy groups -OCH3 is 1. The summed E-state index contributed by atoms with van der Waals surface area (Å²) < 4.78 is 5.20. The number of benzene rings is 2. The molecule has 0 aliphatic heterocycles. The van der Waals surface area contributed by atoms with E-state index in [0.717, 1.165) is 22.3 Å². The number of ether oxygens (including phenoxy) is 1. The van der Waals surface area contributed by atoms with Gasteiger partial charge in [0.05, 0.1) is 12.0 Å². The lowest BCUT2D eigenvalue weighted by atomic mass is 9.83. The Bertz CT molecular complexity index is 687. The lowest BCUT2D eigenvalue weighted by molar-refractivity contribution is -0.126. The molecule has 1 amide bonds. The second-order valence-corrected chi connectivity index (χ2v) is 6.96. The van der Waals surface area contributed by atoms with Crippen LogP contribution < -0.4 is 5.32 Å². The molecule has 0 radical (unpaired) electrons. The van der Waals surface area contributed by atoms with Crippen LogP contribution in [0.3, 0.4) is 0 Å². The van der Waals surface area contributed by atoms with Gasteiger partial charge in [-0.1, -0.05) is 42.5 Å². The Balaban J connectivity index is 2.24. The van der Waals surface area contributed by atoms with Crippen LogP contribution in [-0.2, 0) is 21.6 Å². The third-order valence-corrected chi connectivity index (χ3v) is 4.17. The van der Waals surface area contributed by atoms with E-state index in [4.69, 9.17) is 4.74 Å². The van der Waals surface area contributed by atoms with Crippen LogP contribution in [-0.4, -0.2) is 19.1 Å². The van der Waals surface area contributed by atoms with Gasteiger partial charge in [-0.05, 0) is 56.0 Å². The van der Waals surface area contributed by atoms with Crippen LogP contribution in [0.15, 0.2) is 48.5 Å². The highest BCUT2D eigenvalue weighted by molar-refractivity contribution is 5.87. The lowest BCUT2D eigenvalue weighted by Gasteiger charge is -2.25. The van der Waals surface area contributed by atoms with Crippen LogP contribution >= 0.6 is 0 Å². The van der Waals surface area contributed by atoms with E-state index in [2.05, 4.69) is 35.6 Å². The average molecular weight is 325 g/mol. The zero-order chi connectivity index (χ0) is 17.7. The Morgan fingerprint density at radius 1 is 1.08 bits per heavy atom. The highest BCUT2D eigenvalue weighted by Gasteiger charge is 2.29. The van der Waals surface area contributed by atoms with Gasteiger partial charge in [-0.2, -0.15) is 0 Å². The quantitative estimate of drug-likeness (QED) is 0.860. The predicted octanol–water partition coefficient (Wildman–Crippen LogP) is 4.30. The Kier molecular flexibility index (Phi) is 5.79. The zero-order valence-corrected chi connectivity index (χ0v) is 15.2. The van der Waals surface area contributed by atoms with Gasteiger partial charge in [0.1, 0.15) is 0 Å². The Labute approximate surface area is 145 Å². The third-order valence-electron chi connectivity index (χ3n) is 4.17. The molecule has 0 saturated carbocycles. The summed E-state index contributed by atoms with van der Waals surface area (Å²) in [5.41, 5.74) is 3.89. The SMILES string of the molecule is COCc1cccc(-c2ccc(C(C)(C)C(=O)NC(C)C)cc2)c1. The molecule has 0 saturated heterocycles. The van der Waals surface area contributed by atoms with E-state index < -0.39 is 5.41 Å². The summed E-state index contributed by atoms with van der Waals surface area (Å²) in [6.45, 7) is 8.47. The number of nitrogens with one attached hydrogen (secondary N) is 1. The minimum atomic E-state index is -0.555. The maximum atomic E-state index is 12.4. The molecule has 0 aliphatic carbocycles. The van der Waals surface area contributed by atoms with Gasteiger partial charge in [0.25, 0.3) is 0 Å². The first kappa shape index (κ1) is 18.2. The molecule has 2 aromatic carbocycles. The van der Waals surface area contributed by atoms with Crippen molar-refractivity contribution in [3.8, 4) is 11.1 Å². The maximum Gasteiger partial charge on any atom is 0.230 e. The second kappa shape index (κ2) is 7.63. The van der Waals surface area contributed by atoms with Crippen LogP contribution in [0.4, 0.5) is 0 Å². The molecular formula is C21H27NO2. The third kappa shape index (κ3) is 4.24. The maximum absolute atomic E-state index is 12.4. The topological polar surface area (TPSA) is 38.3 Å². The number of rotatable bonds is 6. The first-order valence-electron chi connectivity index (χ1n) is 8.34. The molecule has 0 atom stereocenters. The predicted molar refractivity (Wildman–Crippen MR) is 98.9 cm³/mol. The summed E-state index contributed by atoms with van der Waals surface area (Å²) in [5.74, 6) is 0.0485. The van der Waals surface area contributed by atoms with E-state index in [1.807, 2.05) is 45.9 Å². The summed E-state index contributed by atoms with van der Waals surface area (Å²) in [6, 6.07) is 16.7. The highest BCUT2D eigenvalue weighted by Crippen LogP contribution is 2.27. The van der Waals surface area contributed by atoms with Gasteiger partial charge in [0.2, 0.25) is 5.91 Å². The molecule has 0 heterocycles. The Morgan fingerprint density at radius 3 is 2.33 bits per heavy atom. The smallest absolute Gasteiger partial charge is 0.230 e. The van der Waals surface area contributed by atoms with E-state index in [0.29, 0.717) is 6.61 Å². The first-order valence-corrected chi connectivity index (χ1v) is 8.34. The molecule has 0 unspecified atom stereocenters. The molecule has 3 heteroatoms. The van der Waals surface area contributed by atoms with Crippen molar-refractivity contribution in [2.75, 3.05) is 7.11 Å². The van der Waals surface area contributed by atoms with E-state index in [9.17, 15) is 4.79 Å². The van der Waals surface area contributed by atoms with Gasteiger partial charge >= 0.3 is 0 Å². The number of amides is 1. The van der Waals surface area contributed by atoms with Gasteiger partial charge in [-0.15, -0.1) is 0 Å². The van der Waals surface area contributed by atoms with Crippen molar-refractivity contribution < 1.29 is 9.53 Å². The summed E-state index contributed by atoms with van der Waals surface area (Å²) in [4.78, 5) is 12.4. The molecule has 2 aromatic rings. The fourth-order valence-corrected chi connectivity index (χ4v) is 2.66. The first-order chi connectivity index (χ1) is 11.3. The van der Waals surface area contributed by atoms with Crippen LogP contribution in [0.1, 0.15) is 38.8 Å². The molecule has 0 spiro atoms. The van der Waals surface area contributed by atoms with Crippen molar-refractivity contribution in [3.63, 3.8) is 0 Å². The zero-order valence-electron chi connectivity index (χ0n) is 15.2. The van der Waals surface area contributed by atoms with E-state index in [1.54, 1.807) is 7.11 Å². The van der Waals surface area contributed by atoms with Gasteiger partial charge in [0, 0.05) is 13.2 Å². The molecule has 3 nitrogen and oxygen atoms in total. The standard InChI is InChI=1S/C21H27NO2/c1-15(2)22-20(23)21(3,4)19-11-9-17(10-12-19)18-8-6-7-16(13-18)14-24-5/h6-13,15H,14H2,1-5H3,(H,22,23). The number of carbonyl (C=O) groups excluding carboxylic acids is 1. The summed E-state index contributed by atoms with van der Waals surface area (Å²) in [6.07, 6.45) is 0. The molecule has 0 aromatic heterocycles. The van der Waals surface area contributed by atoms with Crippen molar-refractivity contribution >= 4 is 5.91 Å². The van der Waals surface area contributed by atoms with E-state index in [-0.39, 0.29) is 11.9 Å². The average Bonchev–Trinajstić information content (AvgIpc) is 2.55. The van der Waals surface area contributed by atoms with E-state index >= 15 is 0 Å². The van der Waals surface area contributed by atoms with Crippen LogP contribution in [0, 0.1) is 0 Å². The summed E-state index contributed by atoms with van der Waals surface area (Å²) in [7, 11) is 1.70. The number of hydrogen-bond donors (Lipinski definition) is 1. The molecule has 24 heavy (non-hydrogen) atoms. The van der Waals surface area contributed by atoms with Crippen molar-refractivity contribution in [3.05, 3.63) is 59.7 Å². The monoisotopic (exact) mass is 325 g/mol. The molecule has 1 N–H and O–H groups in total. The minimum Gasteiger partial charge on any atom is -0.380 e. The van der Waals surface area contributed by atoms with Gasteiger partial charge in [-0.3, -0.25) is 4.79 Å². The highest BCUT2D eigenvalue weighted by atomic mass is 16.5. The Hall–Kier alpha value is -2.13. The molecule has 0 aliphatic rings. The van der Waals surface area contributed by atoms with Crippen LogP contribution in [0.2, 0.25) is 0 Å². The number of hydrogen-bond acceptors (Lipinski definition) is 2. The van der Waals surface area contributed by atoms with Crippen molar-refractivity contribution in [1.82, 2.24) is 5.32 Å². The molecule has 2 rings (SSSR count). The van der Waals surface area contributed by atoms with Gasteiger partial charge < -0.3 is 10.1 Å². The van der Waals surface area contributed by atoms with Crippen LogP contribution in [0.5, 0.6) is 0 Å². The fraction of sp³-hybridized carbons (Fsp3) is 0.381. The van der Waals surface area contributed by atoms with Crippen molar-refractivity contribution in [2.24, 2.45) is 0 Å². The van der Waals surface area contributed by atoms with Crippen LogP contribution in [0.25, 0.3) is 11.1 Å². The minimum absolute atomic E-state index is 0.0485. The molecule has 0 fully saturated rings. The summed E-state index contributed by atoms with van der Waals surface area (Å²) >= 11 is 0. The van der Waals surface area contributed by atoms with E-state index in [1.165, 1.54) is 0 Å². The Morgan fingerprint density at radius 2 is 1.75 bits per heavy atom. The lowest BCUT2D eigenvalue weighted by Crippen LogP contribution is -2.43. The van der Waals surface area contributed by atoms with Gasteiger partial charge in [0.15, 0.2) is 0 Å². The molecular weight excluding hydrogens is 298 g/mol. The molecule has 0 bridgehead atoms. The van der Waals surface area contributed by atoms with Crippen molar-refractivity contribution in [2.45, 2.75) is 45.8 Å². The normalized spacial score (nSPS) is 11.6. The second-order valence-electron chi connectivity index (χ2n) is 6.96. The largest absolute Gasteiger partial charge is 0.380 e. The molecule has 128 valence electrons. The fourth-order valence-electron chi connectivity index (χ4n) is 2.66. The number of carbonyl (C=O) groups is 1.